The van der Waals surface area contributed by atoms with E-state index in [0.717, 1.165) is 12.4 Å². The van der Waals surface area contributed by atoms with Crippen LogP contribution in [0.4, 0.5) is 0 Å². The summed E-state index contributed by atoms with van der Waals surface area (Å²) in [5.74, 6) is 0.735. The van der Waals surface area contributed by atoms with Crippen LogP contribution in [0.3, 0.4) is 0 Å². The van der Waals surface area contributed by atoms with Crippen LogP contribution in [0.5, 0.6) is 0 Å². The van der Waals surface area contributed by atoms with Gasteiger partial charge in [0, 0.05) is 12.4 Å². The van der Waals surface area contributed by atoms with E-state index >= 15 is 0 Å². The van der Waals surface area contributed by atoms with Crippen LogP contribution in [-0.4, -0.2) is 28.0 Å². The number of nitrogens with zero attached hydrogens (tertiary/aromatic N) is 1. The van der Waals surface area contributed by atoms with E-state index in [9.17, 15) is 4.79 Å². The molecule has 1 aromatic heterocycles. The molecule has 0 saturated carbocycles. The number of aromatic amines is 1. The lowest BCUT2D eigenvalue weighted by Crippen LogP contribution is -2.53. The van der Waals surface area contributed by atoms with Crippen molar-refractivity contribution in [3.8, 4) is 0 Å². The van der Waals surface area contributed by atoms with Crippen molar-refractivity contribution in [2.24, 2.45) is 0 Å². The minimum absolute atomic E-state index is 0.0294. The van der Waals surface area contributed by atoms with Crippen molar-refractivity contribution in [2.75, 3.05) is 6.54 Å². The summed E-state index contributed by atoms with van der Waals surface area (Å²) in [6.45, 7) is 8.36. The lowest BCUT2D eigenvalue weighted by atomic mass is 10.0. The van der Waals surface area contributed by atoms with Gasteiger partial charge in [0.2, 0.25) is 5.91 Å². The molecule has 1 rings (SSSR count). The number of aromatic nitrogens is 2. The van der Waals surface area contributed by atoms with Gasteiger partial charge < -0.3 is 15.6 Å². The monoisotopic (exact) mass is 224 g/mol. The minimum Gasteiger partial charge on any atom is -0.347 e. The molecule has 0 aliphatic heterocycles. The van der Waals surface area contributed by atoms with Gasteiger partial charge in [-0.05, 0) is 27.3 Å². The van der Waals surface area contributed by atoms with Crippen molar-refractivity contribution in [3.63, 3.8) is 0 Å². The molecule has 0 aliphatic carbocycles. The maximum atomic E-state index is 11.9. The summed E-state index contributed by atoms with van der Waals surface area (Å²) in [6, 6.07) is -0.111. The minimum atomic E-state index is -0.560. The van der Waals surface area contributed by atoms with E-state index in [1.807, 2.05) is 27.7 Å². The molecule has 0 bridgehead atoms. The molecule has 5 nitrogen and oxygen atoms in total. The quantitative estimate of drug-likeness (QED) is 0.698. The van der Waals surface area contributed by atoms with E-state index < -0.39 is 5.54 Å². The number of amides is 1. The molecule has 0 aromatic carbocycles. The van der Waals surface area contributed by atoms with Crippen molar-refractivity contribution in [1.82, 2.24) is 20.6 Å². The molecule has 0 spiro atoms. The molecule has 1 heterocycles. The zero-order chi connectivity index (χ0) is 12.2. The second-order valence-corrected chi connectivity index (χ2v) is 4.32. The molecule has 0 fully saturated rings. The highest BCUT2D eigenvalue weighted by molar-refractivity contribution is 5.85. The first kappa shape index (κ1) is 12.7. The van der Waals surface area contributed by atoms with Crippen molar-refractivity contribution < 1.29 is 4.79 Å². The fraction of sp³-hybridized carbons (Fsp3) is 0.636. The average Bonchev–Trinajstić information content (AvgIpc) is 2.70. The van der Waals surface area contributed by atoms with Crippen LogP contribution >= 0.6 is 0 Å². The van der Waals surface area contributed by atoms with E-state index in [1.54, 1.807) is 12.4 Å². The summed E-state index contributed by atoms with van der Waals surface area (Å²) in [5.41, 5.74) is -0.560. The number of rotatable bonds is 5. The third kappa shape index (κ3) is 3.06. The largest absolute Gasteiger partial charge is 0.347 e. The Balaban J connectivity index is 2.57. The summed E-state index contributed by atoms with van der Waals surface area (Å²) in [5, 5.41) is 6.04. The number of carbonyl (C=O) groups is 1. The van der Waals surface area contributed by atoms with Crippen molar-refractivity contribution in [1.29, 1.82) is 0 Å². The maximum Gasteiger partial charge on any atom is 0.240 e. The number of hydrogen-bond acceptors (Lipinski definition) is 3. The predicted molar refractivity (Wildman–Crippen MR) is 62.9 cm³/mol. The Labute approximate surface area is 96.0 Å². The molecule has 1 unspecified atom stereocenters. The predicted octanol–water partition coefficient (Wildman–Crippen LogP) is 0.975. The van der Waals surface area contributed by atoms with Crippen LogP contribution in [0.15, 0.2) is 12.4 Å². The summed E-state index contributed by atoms with van der Waals surface area (Å²) >= 11 is 0. The van der Waals surface area contributed by atoms with Crippen LogP contribution in [0.2, 0.25) is 0 Å². The average molecular weight is 224 g/mol. The fourth-order valence-corrected chi connectivity index (χ4v) is 1.48. The van der Waals surface area contributed by atoms with E-state index in [-0.39, 0.29) is 11.9 Å². The molecule has 3 N–H and O–H groups in total. The first-order valence-corrected chi connectivity index (χ1v) is 5.52. The van der Waals surface area contributed by atoms with Crippen LogP contribution in [0.25, 0.3) is 0 Å². The Hall–Kier alpha value is -1.36. The molecule has 1 amide bonds. The number of carbonyl (C=O) groups excluding carboxylic acids is 1. The van der Waals surface area contributed by atoms with Crippen LogP contribution in [0.1, 0.15) is 39.6 Å². The van der Waals surface area contributed by atoms with Gasteiger partial charge in [-0.15, -0.1) is 0 Å². The van der Waals surface area contributed by atoms with Crippen molar-refractivity contribution in [2.45, 2.75) is 39.3 Å². The Kier molecular flexibility index (Phi) is 4.06. The molecular weight excluding hydrogens is 204 g/mol. The van der Waals surface area contributed by atoms with Gasteiger partial charge in [-0.1, -0.05) is 6.92 Å². The molecule has 5 heteroatoms. The Bertz CT molecular complexity index is 332. The van der Waals surface area contributed by atoms with Gasteiger partial charge in [0.25, 0.3) is 0 Å². The Morgan fingerprint density at radius 1 is 1.62 bits per heavy atom. The first-order chi connectivity index (χ1) is 7.47. The SMILES string of the molecule is CCNC(C)(C)C(=O)NC(C)c1ncc[nH]1. The van der Waals surface area contributed by atoms with Crippen LogP contribution < -0.4 is 10.6 Å². The molecule has 0 radical (unpaired) electrons. The molecule has 0 aliphatic rings. The summed E-state index contributed by atoms with van der Waals surface area (Å²) < 4.78 is 0. The summed E-state index contributed by atoms with van der Waals surface area (Å²) in [6.07, 6.45) is 3.42. The molecule has 16 heavy (non-hydrogen) atoms. The number of imidazole rings is 1. The molecule has 1 atom stereocenters. The maximum absolute atomic E-state index is 11.9. The fourth-order valence-electron chi connectivity index (χ4n) is 1.48. The van der Waals surface area contributed by atoms with Gasteiger partial charge >= 0.3 is 0 Å². The molecule has 1 aromatic rings. The van der Waals surface area contributed by atoms with E-state index in [2.05, 4.69) is 20.6 Å². The number of nitrogens with one attached hydrogen (secondary N) is 3. The van der Waals surface area contributed by atoms with Gasteiger partial charge in [-0.2, -0.15) is 0 Å². The van der Waals surface area contributed by atoms with Crippen molar-refractivity contribution in [3.05, 3.63) is 18.2 Å². The third-order valence-electron chi connectivity index (χ3n) is 2.46. The molecule has 90 valence electrons. The van der Waals surface area contributed by atoms with E-state index in [4.69, 9.17) is 0 Å². The Morgan fingerprint density at radius 3 is 2.81 bits per heavy atom. The van der Waals surface area contributed by atoms with Crippen LogP contribution in [-0.2, 0) is 4.79 Å². The third-order valence-corrected chi connectivity index (χ3v) is 2.46. The first-order valence-electron chi connectivity index (χ1n) is 5.52. The zero-order valence-corrected chi connectivity index (χ0v) is 10.3. The Morgan fingerprint density at radius 2 is 2.31 bits per heavy atom. The normalized spacial score (nSPS) is 13.5. The summed E-state index contributed by atoms with van der Waals surface area (Å²) in [7, 11) is 0. The second kappa shape index (κ2) is 5.12. The van der Waals surface area contributed by atoms with Gasteiger partial charge in [-0.3, -0.25) is 4.79 Å². The topological polar surface area (TPSA) is 69.8 Å². The van der Waals surface area contributed by atoms with Gasteiger partial charge in [0.15, 0.2) is 0 Å². The van der Waals surface area contributed by atoms with E-state index in [1.165, 1.54) is 0 Å². The van der Waals surface area contributed by atoms with Gasteiger partial charge in [0.05, 0.1) is 11.6 Å². The molecule has 0 saturated heterocycles. The lowest BCUT2D eigenvalue weighted by molar-refractivity contribution is -0.127. The smallest absolute Gasteiger partial charge is 0.240 e. The van der Waals surface area contributed by atoms with E-state index in [0.29, 0.717) is 0 Å². The number of H-pyrrole nitrogens is 1. The summed E-state index contributed by atoms with van der Waals surface area (Å²) in [4.78, 5) is 19.0. The highest BCUT2D eigenvalue weighted by Crippen LogP contribution is 2.09. The standard InChI is InChI=1S/C11H20N4O/c1-5-14-11(3,4)10(16)15-8(2)9-12-6-7-13-9/h6-8,14H,5H2,1-4H3,(H,12,13)(H,15,16). The second-order valence-electron chi connectivity index (χ2n) is 4.32. The zero-order valence-electron chi connectivity index (χ0n) is 10.3. The van der Waals surface area contributed by atoms with Crippen LogP contribution in [0, 0.1) is 0 Å². The highest BCUT2D eigenvalue weighted by atomic mass is 16.2. The van der Waals surface area contributed by atoms with Crippen molar-refractivity contribution >= 4 is 5.91 Å². The molecular formula is C11H20N4O. The highest BCUT2D eigenvalue weighted by Gasteiger charge is 2.27. The van der Waals surface area contributed by atoms with Gasteiger partial charge in [-0.25, -0.2) is 4.98 Å². The number of hydrogen-bond donors (Lipinski definition) is 3. The lowest BCUT2D eigenvalue weighted by Gasteiger charge is -2.26. The van der Waals surface area contributed by atoms with Gasteiger partial charge in [0.1, 0.15) is 5.82 Å². The number of likely N-dealkylation sites (N-methyl/N-ethyl adjacent to an activating group) is 1.